The summed E-state index contributed by atoms with van der Waals surface area (Å²) in [7, 11) is 0. The summed E-state index contributed by atoms with van der Waals surface area (Å²) in [5.74, 6) is 0.815. The van der Waals surface area contributed by atoms with Gasteiger partial charge < -0.3 is 0 Å². The third-order valence-corrected chi connectivity index (χ3v) is 4.38. The van der Waals surface area contributed by atoms with E-state index in [9.17, 15) is 4.39 Å². The molecule has 1 aliphatic rings. The number of benzene rings is 1. The third kappa shape index (κ3) is 3.24. The predicted octanol–water partition coefficient (Wildman–Crippen LogP) is 3.02. The molecule has 0 aliphatic carbocycles. The van der Waals surface area contributed by atoms with E-state index in [0.29, 0.717) is 17.7 Å². The minimum atomic E-state index is -0.273. The second kappa shape index (κ2) is 5.29. The SMILES string of the molecule is CC1(C)CN(Cc2ccc(C#N)cc2F)CCS1. The van der Waals surface area contributed by atoms with Crippen LogP contribution >= 0.6 is 11.8 Å². The zero-order chi connectivity index (χ0) is 13.2. The Kier molecular flexibility index (Phi) is 3.94. The van der Waals surface area contributed by atoms with Crippen molar-refractivity contribution in [3.05, 3.63) is 35.1 Å². The molecule has 96 valence electrons. The molecule has 1 aliphatic heterocycles. The fourth-order valence-electron chi connectivity index (χ4n) is 2.24. The monoisotopic (exact) mass is 264 g/mol. The third-order valence-electron chi connectivity index (χ3n) is 3.08. The van der Waals surface area contributed by atoms with Crippen LogP contribution < -0.4 is 0 Å². The predicted molar refractivity (Wildman–Crippen MR) is 72.9 cm³/mol. The Hall–Kier alpha value is -1.05. The van der Waals surface area contributed by atoms with E-state index in [4.69, 9.17) is 5.26 Å². The van der Waals surface area contributed by atoms with E-state index < -0.39 is 0 Å². The number of nitrogens with zero attached hydrogens (tertiary/aromatic N) is 2. The van der Waals surface area contributed by atoms with Gasteiger partial charge in [0.1, 0.15) is 5.82 Å². The van der Waals surface area contributed by atoms with Crippen LogP contribution in [0, 0.1) is 17.1 Å². The van der Waals surface area contributed by atoms with Crippen LogP contribution in [0.25, 0.3) is 0 Å². The van der Waals surface area contributed by atoms with Crippen molar-refractivity contribution in [2.24, 2.45) is 0 Å². The highest BCUT2D eigenvalue weighted by atomic mass is 32.2. The number of thioether (sulfide) groups is 1. The van der Waals surface area contributed by atoms with E-state index in [-0.39, 0.29) is 10.6 Å². The average Bonchev–Trinajstić information content (AvgIpc) is 2.30. The molecule has 18 heavy (non-hydrogen) atoms. The number of halogens is 1. The Balaban J connectivity index is 2.08. The minimum Gasteiger partial charge on any atom is -0.297 e. The molecule has 0 amide bonds. The Morgan fingerprint density at radius 1 is 1.50 bits per heavy atom. The lowest BCUT2D eigenvalue weighted by Crippen LogP contribution is -2.42. The maximum Gasteiger partial charge on any atom is 0.129 e. The van der Waals surface area contributed by atoms with Crippen LogP contribution in [0.4, 0.5) is 4.39 Å². The van der Waals surface area contributed by atoms with Crippen LogP contribution in [0.2, 0.25) is 0 Å². The lowest BCUT2D eigenvalue weighted by atomic mass is 10.1. The Morgan fingerprint density at radius 2 is 2.28 bits per heavy atom. The maximum absolute atomic E-state index is 13.8. The highest BCUT2D eigenvalue weighted by molar-refractivity contribution is 8.00. The van der Waals surface area contributed by atoms with Crippen molar-refractivity contribution < 1.29 is 4.39 Å². The van der Waals surface area contributed by atoms with E-state index in [1.807, 2.05) is 17.8 Å². The van der Waals surface area contributed by atoms with Gasteiger partial charge in [-0.2, -0.15) is 17.0 Å². The first kappa shape index (κ1) is 13.4. The van der Waals surface area contributed by atoms with E-state index in [1.165, 1.54) is 6.07 Å². The quantitative estimate of drug-likeness (QED) is 0.821. The van der Waals surface area contributed by atoms with Crippen LogP contribution in [0.15, 0.2) is 18.2 Å². The maximum atomic E-state index is 13.8. The van der Waals surface area contributed by atoms with Crippen molar-refractivity contribution in [2.45, 2.75) is 25.1 Å². The molecule has 0 N–H and O–H groups in total. The summed E-state index contributed by atoms with van der Waals surface area (Å²) >= 11 is 1.97. The van der Waals surface area contributed by atoms with Crippen LogP contribution in [0.3, 0.4) is 0 Å². The van der Waals surface area contributed by atoms with Gasteiger partial charge >= 0.3 is 0 Å². The molecule has 0 saturated carbocycles. The standard InChI is InChI=1S/C14H17FN2S/c1-14(2)10-17(5-6-18-14)9-12-4-3-11(8-16)7-13(12)15/h3-4,7H,5-6,9-10H2,1-2H3. The van der Waals surface area contributed by atoms with E-state index in [2.05, 4.69) is 18.7 Å². The van der Waals surface area contributed by atoms with Crippen LogP contribution in [-0.2, 0) is 6.54 Å². The molecule has 1 aromatic carbocycles. The lowest BCUT2D eigenvalue weighted by molar-refractivity contribution is 0.249. The molecule has 0 spiro atoms. The van der Waals surface area contributed by atoms with Crippen molar-refractivity contribution in [3.8, 4) is 6.07 Å². The molecular weight excluding hydrogens is 247 g/mol. The van der Waals surface area contributed by atoms with Crippen LogP contribution in [0.5, 0.6) is 0 Å². The summed E-state index contributed by atoms with van der Waals surface area (Å²) in [5.41, 5.74) is 1.06. The van der Waals surface area contributed by atoms with Crippen molar-refractivity contribution in [1.29, 1.82) is 5.26 Å². The van der Waals surface area contributed by atoms with Gasteiger partial charge in [0.05, 0.1) is 11.6 Å². The zero-order valence-corrected chi connectivity index (χ0v) is 11.6. The molecule has 0 radical (unpaired) electrons. The minimum absolute atomic E-state index is 0.237. The highest BCUT2D eigenvalue weighted by Gasteiger charge is 2.27. The van der Waals surface area contributed by atoms with Crippen molar-refractivity contribution in [1.82, 2.24) is 4.90 Å². The van der Waals surface area contributed by atoms with Gasteiger partial charge in [0.25, 0.3) is 0 Å². The van der Waals surface area contributed by atoms with Gasteiger partial charge in [-0.3, -0.25) is 4.90 Å². The van der Waals surface area contributed by atoms with Gasteiger partial charge in [0.2, 0.25) is 0 Å². The number of nitriles is 1. The second-order valence-electron chi connectivity index (χ2n) is 5.24. The molecule has 1 heterocycles. The van der Waals surface area contributed by atoms with Crippen LogP contribution in [-0.4, -0.2) is 28.5 Å². The highest BCUT2D eigenvalue weighted by Crippen LogP contribution is 2.30. The summed E-state index contributed by atoms with van der Waals surface area (Å²) in [5, 5.41) is 8.71. The van der Waals surface area contributed by atoms with Crippen molar-refractivity contribution >= 4 is 11.8 Å². The zero-order valence-electron chi connectivity index (χ0n) is 10.7. The number of hydrogen-bond acceptors (Lipinski definition) is 3. The molecule has 0 atom stereocenters. The smallest absolute Gasteiger partial charge is 0.129 e. The number of hydrogen-bond donors (Lipinski definition) is 0. The molecule has 0 unspecified atom stereocenters. The molecule has 1 fully saturated rings. The molecule has 4 heteroatoms. The number of rotatable bonds is 2. The van der Waals surface area contributed by atoms with Crippen molar-refractivity contribution in [3.63, 3.8) is 0 Å². The van der Waals surface area contributed by atoms with Gasteiger partial charge in [-0.25, -0.2) is 4.39 Å². The van der Waals surface area contributed by atoms with Gasteiger partial charge in [-0.05, 0) is 26.0 Å². The summed E-state index contributed by atoms with van der Waals surface area (Å²) in [6.07, 6.45) is 0. The normalized spacial score (nSPS) is 19.4. The Morgan fingerprint density at radius 3 is 2.89 bits per heavy atom. The summed E-state index contributed by atoms with van der Waals surface area (Å²) < 4.78 is 14.0. The Labute approximate surface area is 112 Å². The van der Waals surface area contributed by atoms with Gasteiger partial charge in [0.15, 0.2) is 0 Å². The first-order chi connectivity index (χ1) is 8.50. The molecule has 0 bridgehead atoms. The molecule has 2 nitrogen and oxygen atoms in total. The summed E-state index contributed by atoms with van der Waals surface area (Å²) in [6.45, 7) is 7.03. The topological polar surface area (TPSA) is 27.0 Å². The fourth-order valence-corrected chi connectivity index (χ4v) is 3.41. The first-order valence-corrected chi connectivity index (χ1v) is 7.03. The largest absolute Gasteiger partial charge is 0.297 e. The molecule has 1 aromatic rings. The van der Waals surface area contributed by atoms with E-state index >= 15 is 0 Å². The average molecular weight is 264 g/mol. The lowest BCUT2D eigenvalue weighted by Gasteiger charge is -2.37. The molecule has 1 saturated heterocycles. The summed E-state index contributed by atoms with van der Waals surface area (Å²) in [6, 6.07) is 6.68. The molecular formula is C14H17FN2S. The first-order valence-electron chi connectivity index (χ1n) is 6.05. The van der Waals surface area contributed by atoms with Gasteiger partial charge in [-0.15, -0.1) is 0 Å². The van der Waals surface area contributed by atoms with E-state index in [0.717, 1.165) is 18.8 Å². The van der Waals surface area contributed by atoms with Gasteiger partial charge in [0, 0.05) is 35.7 Å². The molecule has 2 rings (SSSR count). The summed E-state index contributed by atoms with van der Waals surface area (Å²) in [4.78, 5) is 2.28. The fraction of sp³-hybridized carbons (Fsp3) is 0.500. The van der Waals surface area contributed by atoms with Gasteiger partial charge in [-0.1, -0.05) is 6.07 Å². The van der Waals surface area contributed by atoms with Crippen molar-refractivity contribution in [2.75, 3.05) is 18.8 Å². The molecule has 0 aromatic heterocycles. The van der Waals surface area contributed by atoms with E-state index in [1.54, 1.807) is 12.1 Å². The Bertz CT molecular complexity index is 479. The van der Waals surface area contributed by atoms with Crippen LogP contribution in [0.1, 0.15) is 25.0 Å². The second-order valence-corrected chi connectivity index (χ2v) is 7.04.